The van der Waals surface area contributed by atoms with Crippen LogP contribution in [0.4, 0.5) is 0 Å². The van der Waals surface area contributed by atoms with E-state index >= 15 is 0 Å². The van der Waals surface area contributed by atoms with Gasteiger partial charge in [0.1, 0.15) is 12.9 Å². The second kappa shape index (κ2) is 7.67. The first-order chi connectivity index (χ1) is 12.4. The molecule has 2 aromatic heterocycles. The maximum absolute atomic E-state index is 12.5. The van der Waals surface area contributed by atoms with Gasteiger partial charge in [0.05, 0.1) is 0 Å². The molecule has 140 valence electrons. The van der Waals surface area contributed by atoms with Crippen molar-refractivity contribution in [3.8, 4) is 0 Å². The number of hydrogen-bond donors (Lipinski definition) is 1. The lowest BCUT2D eigenvalue weighted by Crippen LogP contribution is -2.42. The molecular weight excluding hydrogens is 338 g/mol. The summed E-state index contributed by atoms with van der Waals surface area (Å²) in [5.74, 6) is 0.754. The number of likely N-dealkylation sites (tertiary alicyclic amines) is 1. The number of carbonyl (C=O) groups is 2. The van der Waals surface area contributed by atoms with Gasteiger partial charge in [-0.25, -0.2) is 9.97 Å². The van der Waals surface area contributed by atoms with Crippen LogP contribution in [0.5, 0.6) is 0 Å². The number of piperidine rings is 1. The van der Waals surface area contributed by atoms with E-state index in [1.807, 2.05) is 0 Å². The predicted octanol–water partition coefficient (Wildman–Crippen LogP) is 0.458. The lowest BCUT2D eigenvalue weighted by molar-refractivity contribution is -0.133. The van der Waals surface area contributed by atoms with Gasteiger partial charge in [-0.2, -0.15) is 0 Å². The molecule has 1 N–H and O–H groups in total. The Kier molecular flexibility index (Phi) is 5.34. The van der Waals surface area contributed by atoms with Gasteiger partial charge in [-0.15, -0.1) is 0 Å². The molecule has 0 atom stereocenters. The highest BCUT2D eigenvalue weighted by Gasteiger charge is 2.23. The van der Waals surface area contributed by atoms with Crippen LogP contribution in [0, 0.1) is 12.8 Å². The predicted molar refractivity (Wildman–Crippen MR) is 93.4 cm³/mol. The minimum Gasteiger partial charge on any atom is -0.422 e. The third-order valence-electron chi connectivity index (χ3n) is 4.69. The molecule has 26 heavy (non-hydrogen) atoms. The van der Waals surface area contributed by atoms with Crippen LogP contribution in [0.25, 0.3) is 11.2 Å². The average Bonchev–Trinajstić information content (AvgIpc) is 2.99. The molecule has 0 aromatic carbocycles. The molecule has 1 aliphatic rings. The van der Waals surface area contributed by atoms with Gasteiger partial charge in [-0.05, 0) is 25.2 Å². The Morgan fingerprint density at radius 3 is 2.77 bits per heavy atom. The molecule has 1 fully saturated rings. The third kappa shape index (κ3) is 4.09. The van der Waals surface area contributed by atoms with Crippen LogP contribution in [-0.2, 0) is 16.1 Å². The van der Waals surface area contributed by atoms with Gasteiger partial charge in [-0.3, -0.25) is 19.0 Å². The number of aromatic nitrogens is 3. The number of aryl methyl sites for hydroxylation is 1. The standard InChI is InChI=1S/C17H23N5O4/c1-11(23)18-6-3-13-4-7-21(8-5-13)14(24)9-22-10-19-16-15(17(22)25)20-12(2)26-16/h10,13H,3-9H2,1-2H3,(H,18,23). The Balaban J connectivity index is 1.55. The zero-order valence-electron chi connectivity index (χ0n) is 15.0. The third-order valence-corrected chi connectivity index (χ3v) is 4.69. The molecule has 0 radical (unpaired) electrons. The van der Waals surface area contributed by atoms with Crippen LogP contribution >= 0.6 is 0 Å². The molecule has 9 heteroatoms. The van der Waals surface area contributed by atoms with Crippen molar-refractivity contribution in [3.05, 3.63) is 22.6 Å². The number of carbonyl (C=O) groups excluding carboxylic acids is 2. The monoisotopic (exact) mass is 361 g/mol. The second-order valence-electron chi connectivity index (χ2n) is 6.66. The zero-order valence-corrected chi connectivity index (χ0v) is 15.0. The molecule has 2 amide bonds. The molecule has 2 aromatic rings. The normalized spacial score (nSPS) is 15.4. The highest BCUT2D eigenvalue weighted by atomic mass is 16.4. The highest BCUT2D eigenvalue weighted by molar-refractivity contribution is 5.76. The summed E-state index contributed by atoms with van der Waals surface area (Å²) in [4.78, 5) is 45.6. The Bertz CT molecular complexity index is 864. The van der Waals surface area contributed by atoms with Gasteiger partial charge >= 0.3 is 0 Å². The average molecular weight is 361 g/mol. The van der Waals surface area contributed by atoms with Gasteiger partial charge in [0, 0.05) is 33.5 Å². The van der Waals surface area contributed by atoms with Crippen LogP contribution in [0.3, 0.4) is 0 Å². The first-order valence-electron chi connectivity index (χ1n) is 8.79. The maximum Gasteiger partial charge on any atom is 0.283 e. The fourth-order valence-corrected chi connectivity index (χ4v) is 3.24. The number of hydrogen-bond acceptors (Lipinski definition) is 6. The van der Waals surface area contributed by atoms with E-state index in [1.54, 1.807) is 11.8 Å². The van der Waals surface area contributed by atoms with Gasteiger partial charge in [0.25, 0.3) is 11.3 Å². The van der Waals surface area contributed by atoms with E-state index < -0.39 is 0 Å². The van der Waals surface area contributed by atoms with Crippen molar-refractivity contribution in [3.63, 3.8) is 0 Å². The largest absolute Gasteiger partial charge is 0.422 e. The molecule has 0 spiro atoms. The number of rotatable bonds is 5. The van der Waals surface area contributed by atoms with E-state index in [0.29, 0.717) is 31.4 Å². The fourth-order valence-electron chi connectivity index (χ4n) is 3.24. The lowest BCUT2D eigenvalue weighted by Gasteiger charge is -2.32. The summed E-state index contributed by atoms with van der Waals surface area (Å²) in [6.45, 7) is 5.10. The first-order valence-corrected chi connectivity index (χ1v) is 8.79. The lowest BCUT2D eigenvalue weighted by atomic mass is 9.93. The summed E-state index contributed by atoms with van der Waals surface area (Å²) >= 11 is 0. The molecular formula is C17H23N5O4. The summed E-state index contributed by atoms with van der Waals surface area (Å²) in [5, 5.41) is 2.80. The van der Waals surface area contributed by atoms with Crippen molar-refractivity contribution < 1.29 is 14.0 Å². The SMILES string of the molecule is CC(=O)NCCC1CCN(C(=O)Cn2cnc3oc(C)nc3c2=O)CC1. The van der Waals surface area contributed by atoms with E-state index in [-0.39, 0.29) is 35.1 Å². The van der Waals surface area contributed by atoms with Gasteiger partial charge in [-0.1, -0.05) is 0 Å². The minimum absolute atomic E-state index is 0.0176. The number of fused-ring (bicyclic) bond motifs is 1. The Morgan fingerprint density at radius 1 is 1.35 bits per heavy atom. The molecule has 0 bridgehead atoms. The van der Waals surface area contributed by atoms with Crippen LogP contribution in [0.1, 0.15) is 32.1 Å². The Hall–Kier alpha value is -2.71. The van der Waals surface area contributed by atoms with E-state index in [2.05, 4.69) is 15.3 Å². The molecule has 1 saturated heterocycles. The summed E-state index contributed by atoms with van der Waals surface area (Å²) in [7, 11) is 0. The fraction of sp³-hybridized carbons (Fsp3) is 0.588. The molecule has 1 aliphatic heterocycles. The van der Waals surface area contributed by atoms with Crippen molar-refractivity contribution >= 4 is 23.0 Å². The van der Waals surface area contributed by atoms with Crippen LogP contribution in [0.15, 0.2) is 15.5 Å². The van der Waals surface area contributed by atoms with Crippen molar-refractivity contribution in [1.82, 2.24) is 24.8 Å². The van der Waals surface area contributed by atoms with Crippen molar-refractivity contribution in [2.45, 2.75) is 39.7 Å². The number of nitrogens with one attached hydrogen (secondary N) is 1. The molecule has 3 rings (SSSR count). The van der Waals surface area contributed by atoms with Gasteiger partial charge in [0.15, 0.2) is 11.4 Å². The quantitative estimate of drug-likeness (QED) is 0.828. The topological polar surface area (TPSA) is 110 Å². The van der Waals surface area contributed by atoms with E-state index in [0.717, 1.165) is 19.3 Å². The van der Waals surface area contributed by atoms with Crippen LogP contribution in [-0.4, -0.2) is 50.9 Å². The van der Waals surface area contributed by atoms with Crippen molar-refractivity contribution in [2.24, 2.45) is 5.92 Å². The minimum atomic E-state index is -0.370. The van der Waals surface area contributed by atoms with E-state index in [4.69, 9.17) is 4.42 Å². The Morgan fingerprint density at radius 2 is 2.08 bits per heavy atom. The van der Waals surface area contributed by atoms with Crippen molar-refractivity contribution in [1.29, 1.82) is 0 Å². The van der Waals surface area contributed by atoms with E-state index in [9.17, 15) is 14.4 Å². The van der Waals surface area contributed by atoms with Gasteiger partial charge in [0.2, 0.25) is 11.8 Å². The summed E-state index contributed by atoms with van der Waals surface area (Å²) in [6.07, 6.45) is 4.06. The van der Waals surface area contributed by atoms with Crippen LogP contribution in [0.2, 0.25) is 0 Å². The summed E-state index contributed by atoms with van der Waals surface area (Å²) in [5.41, 5.74) is -0.0314. The van der Waals surface area contributed by atoms with Crippen molar-refractivity contribution in [2.75, 3.05) is 19.6 Å². The van der Waals surface area contributed by atoms with Gasteiger partial charge < -0.3 is 14.6 Å². The molecule has 0 aliphatic carbocycles. The molecule has 3 heterocycles. The maximum atomic E-state index is 12.5. The summed E-state index contributed by atoms with van der Waals surface area (Å²) in [6, 6.07) is 0. The number of nitrogens with zero attached hydrogens (tertiary/aromatic N) is 4. The smallest absolute Gasteiger partial charge is 0.283 e. The molecule has 0 unspecified atom stereocenters. The number of amides is 2. The molecule has 9 nitrogen and oxygen atoms in total. The Labute approximate surface area is 150 Å². The molecule has 0 saturated carbocycles. The first kappa shape index (κ1) is 18.1. The van der Waals surface area contributed by atoms with E-state index in [1.165, 1.54) is 17.8 Å². The second-order valence-corrected chi connectivity index (χ2v) is 6.66. The van der Waals surface area contributed by atoms with Crippen LogP contribution < -0.4 is 10.9 Å². The zero-order chi connectivity index (χ0) is 18.7. The highest BCUT2D eigenvalue weighted by Crippen LogP contribution is 2.20. The number of oxazole rings is 1. The summed E-state index contributed by atoms with van der Waals surface area (Å²) < 4.78 is 6.50.